The highest BCUT2D eigenvalue weighted by molar-refractivity contribution is 5.85. The molecule has 0 aromatic heterocycles. The number of rotatable bonds is 37. The minimum Gasteiger partial charge on any atom is -0.317 e. The Morgan fingerprint density at radius 2 is 0.341 bits per heavy atom. The predicted octanol–water partition coefficient (Wildman–Crippen LogP) is 3.63. The quantitative estimate of drug-likeness (QED) is 0.0508. The monoisotopic (exact) mass is 607 g/mol. The lowest BCUT2D eigenvalue weighted by Crippen LogP contribution is -2.23. The molecule has 41 heavy (non-hydrogen) atoms. The van der Waals surface area contributed by atoms with Crippen molar-refractivity contribution in [3.63, 3.8) is 0 Å². The van der Waals surface area contributed by atoms with Crippen molar-refractivity contribution >= 4 is 12.4 Å². The Kier molecular flexibility index (Phi) is 44.3. The van der Waals surface area contributed by atoms with E-state index in [0.29, 0.717) is 0 Å². The minimum absolute atomic E-state index is 0. The Morgan fingerprint density at radius 3 is 0.463 bits per heavy atom. The van der Waals surface area contributed by atoms with Gasteiger partial charge in [-0.15, -0.1) is 12.4 Å². The lowest BCUT2D eigenvalue weighted by molar-refractivity contribution is 0.529. The van der Waals surface area contributed by atoms with Gasteiger partial charge in [-0.2, -0.15) is 0 Å². The molecule has 0 bridgehead atoms. The maximum absolute atomic E-state index is 3.61. The van der Waals surface area contributed by atoms with Crippen molar-refractivity contribution in [2.24, 2.45) is 0 Å². The van der Waals surface area contributed by atoms with E-state index in [0.717, 1.165) is 105 Å². The van der Waals surface area contributed by atoms with E-state index in [1.54, 1.807) is 0 Å². The molecule has 0 unspecified atom stereocenters. The van der Waals surface area contributed by atoms with Crippen molar-refractivity contribution in [3.05, 3.63) is 0 Å². The number of unbranched alkanes of at least 4 members (excludes halogenated alkanes) is 7. The van der Waals surface area contributed by atoms with Crippen LogP contribution in [0.15, 0.2) is 0 Å². The molecule has 0 aromatic rings. The summed E-state index contributed by atoms with van der Waals surface area (Å²) in [5.74, 6) is 0. The van der Waals surface area contributed by atoms with Gasteiger partial charge in [0.05, 0.1) is 0 Å². The molecular formula is C32H75ClN8. The fourth-order valence-electron chi connectivity index (χ4n) is 4.60. The lowest BCUT2D eigenvalue weighted by atomic mass is 10.2. The maximum Gasteiger partial charge on any atom is -0.00484 e. The van der Waals surface area contributed by atoms with E-state index < -0.39 is 0 Å². The fraction of sp³-hybridized carbons (Fsp3) is 1.00. The molecule has 0 aliphatic rings. The topological polar surface area (TPSA) is 96.2 Å². The summed E-state index contributed by atoms with van der Waals surface area (Å²) >= 11 is 0. The van der Waals surface area contributed by atoms with Crippen molar-refractivity contribution in [2.75, 3.05) is 105 Å². The van der Waals surface area contributed by atoms with E-state index >= 15 is 0 Å². The number of halogens is 1. The van der Waals surface area contributed by atoms with Gasteiger partial charge in [-0.3, -0.25) is 0 Å². The number of hydrogen-bond donors (Lipinski definition) is 8. The van der Waals surface area contributed by atoms with Crippen LogP contribution in [0.4, 0.5) is 0 Å². The summed E-state index contributed by atoms with van der Waals surface area (Å²) in [5, 5.41) is 28.3. The third-order valence-electron chi connectivity index (χ3n) is 7.20. The van der Waals surface area contributed by atoms with Gasteiger partial charge in [0, 0.05) is 0 Å². The van der Waals surface area contributed by atoms with Gasteiger partial charge in [-0.1, -0.05) is 13.8 Å². The molecule has 0 aromatic carbocycles. The molecule has 8 nitrogen and oxygen atoms in total. The Labute approximate surface area is 263 Å². The lowest BCUT2D eigenvalue weighted by Gasteiger charge is -2.08. The first-order valence-corrected chi connectivity index (χ1v) is 17.6. The van der Waals surface area contributed by atoms with E-state index in [1.165, 1.54) is 89.9 Å². The van der Waals surface area contributed by atoms with E-state index in [4.69, 9.17) is 0 Å². The molecule has 0 saturated heterocycles. The molecule has 9 heteroatoms. The van der Waals surface area contributed by atoms with Gasteiger partial charge in [0.1, 0.15) is 0 Å². The van der Waals surface area contributed by atoms with Gasteiger partial charge in [-0.05, 0) is 195 Å². The van der Waals surface area contributed by atoms with E-state index in [1.807, 2.05) is 0 Å². The average molecular weight is 607 g/mol. The maximum atomic E-state index is 3.61. The smallest absolute Gasteiger partial charge is 0.00484 e. The first-order chi connectivity index (χ1) is 19.9. The second-order valence-electron chi connectivity index (χ2n) is 11.2. The summed E-state index contributed by atoms with van der Waals surface area (Å²) in [6.45, 7) is 22.8. The molecule has 0 heterocycles. The van der Waals surface area contributed by atoms with Crippen LogP contribution >= 0.6 is 12.4 Å². The molecule has 8 N–H and O–H groups in total. The fourth-order valence-corrected chi connectivity index (χ4v) is 4.60. The Bertz CT molecular complexity index is 397. The summed E-state index contributed by atoms with van der Waals surface area (Å²) in [4.78, 5) is 0. The van der Waals surface area contributed by atoms with Crippen LogP contribution in [-0.2, 0) is 0 Å². The van der Waals surface area contributed by atoms with Crippen LogP contribution in [0, 0.1) is 0 Å². The largest absolute Gasteiger partial charge is 0.317 e. The standard InChI is InChI=1S/C32H74N8.ClH/c1-3-33-19-5-7-21-35-23-9-11-25-37-27-13-15-29-39-31-17-18-32-40-30-16-14-28-38-26-12-10-24-36-22-8-6-20-34-4-2;/h33-40H,3-32H2,1-2H3;1H. The summed E-state index contributed by atoms with van der Waals surface area (Å²) < 4.78 is 0. The van der Waals surface area contributed by atoms with Gasteiger partial charge in [-0.25, -0.2) is 0 Å². The molecule has 0 fully saturated rings. The van der Waals surface area contributed by atoms with Gasteiger partial charge < -0.3 is 42.5 Å². The van der Waals surface area contributed by atoms with Crippen LogP contribution in [-0.4, -0.2) is 105 Å². The first kappa shape index (κ1) is 43.1. The Morgan fingerprint density at radius 1 is 0.220 bits per heavy atom. The van der Waals surface area contributed by atoms with Crippen molar-refractivity contribution in [3.8, 4) is 0 Å². The summed E-state index contributed by atoms with van der Waals surface area (Å²) in [5.41, 5.74) is 0. The van der Waals surface area contributed by atoms with Gasteiger partial charge in [0.15, 0.2) is 0 Å². The molecule has 0 aliphatic heterocycles. The highest BCUT2D eigenvalue weighted by Crippen LogP contribution is 1.92. The van der Waals surface area contributed by atoms with E-state index in [-0.39, 0.29) is 12.4 Å². The molecule has 0 radical (unpaired) electrons. The zero-order valence-electron chi connectivity index (χ0n) is 27.6. The third kappa shape index (κ3) is 42.2. The van der Waals surface area contributed by atoms with E-state index in [9.17, 15) is 0 Å². The summed E-state index contributed by atoms with van der Waals surface area (Å²) in [6.07, 6.45) is 17.9. The predicted molar refractivity (Wildman–Crippen MR) is 186 cm³/mol. The Hall–Kier alpha value is -0.0300. The molecular weight excluding hydrogens is 532 g/mol. The van der Waals surface area contributed by atoms with Crippen LogP contribution in [0.1, 0.15) is 104 Å². The van der Waals surface area contributed by atoms with Crippen molar-refractivity contribution in [1.82, 2.24) is 42.5 Å². The average Bonchev–Trinajstić information content (AvgIpc) is 2.97. The van der Waals surface area contributed by atoms with Crippen molar-refractivity contribution < 1.29 is 0 Å². The molecule has 0 amide bonds. The van der Waals surface area contributed by atoms with Crippen molar-refractivity contribution in [2.45, 2.75) is 104 Å². The molecule has 0 rings (SSSR count). The second-order valence-corrected chi connectivity index (χ2v) is 11.2. The second kappa shape index (κ2) is 42.1. The highest BCUT2D eigenvalue weighted by atomic mass is 35.5. The van der Waals surface area contributed by atoms with Gasteiger partial charge in [0.25, 0.3) is 0 Å². The number of nitrogens with one attached hydrogen (secondary N) is 8. The minimum atomic E-state index is 0. The normalized spacial score (nSPS) is 11.3. The van der Waals surface area contributed by atoms with Crippen LogP contribution < -0.4 is 42.5 Å². The molecule has 0 saturated carbocycles. The van der Waals surface area contributed by atoms with Crippen LogP contribution in [0.2, 0.25) is 0 Å². The molecule has 0 spiro atoms. The van der Waals surface area contributed by atoms with Crippen LogP contribution in [0.5, 0.6) is 0 Å². The van der Waals surface area contributed by atoms with Gasteiger partial charge >= 0.3 is 0 Å². The highest BCUT2D eigenvalue weighted by Gasteiger charge is 1.95. The first-order valence-electron chi connectivity index (χ1n) is 17.6. The number of hydrogen-bond acceptors (Lipinski definition) is 8. The van der Waals surface area contributed by atoms with E-state index in [2.05, 4.69) is 56.4 Å². The van der Waals surface area contributed by atoms with Crippen LogP contribution in [0.3, 0.4) is 0 Å². The van der Waals surface area contributed by atoms with Gasteiger partial charge in [0.2, 0.25) is 0 Å². The molecule has 0 atom stereocenters. The molecule has 250 valence electrons. The third-order valence-corrected chi connectivity index (χ3v) is 7.20. The van der Waals surface area contributed by atoms with Crippen molar-refractivity contribution in [1.29, 1.82) is 0 Å². The zero-order valence-corrected chi connectivity index (χ0v) is 28.4. The zero-order chi connectivity index (χ0) is 28.9. The SMILES string of the molecule is CCNCCCCNCCCCNCCCCNCCCCNCCCCNCCCCNCCCCNCC.Cl. The summed E-state index contributed by atoms with van der Waals surface area (Å²) in [6, 6.07) is 0. The Balaban J connectivity index is 0. The summed E-state index contributed by atoms with van der Waals surface area (Å²) in [7, 11) is 0. The molecule has 0 aliphatic carbocycles. The van der Waals surface area contributed by atoms with Crippen LogP contribution in [0.25, 0.3) is 0 Å².